The highest BCUT2D eigenvalue weighted by atomic mass is 15.2. The van der Waals surface area contributed by atoms with Crippen LogP contribution in [0.25, 0.3) is 10.4 Å². The monoisotopic (exact) mass is 237 g/mol. The zero-order valence-electron chi connectivity index (χ0n) is 10.6. The fourth-order valence-electron chi connectivity index (χ4n) is 2.95. The van der Waals surface area contributed by atoms with Crippen LogP contribution in [-0.4, -0.2) is 55.6 Å². The highest BCUT2D eigenvalue weighted by Gasteiger charge is 2.22. The second-order valence-corrected chi connectivity index (χ2v) is 5.25. The predicted molar refractivity (Wildman–Crippen MR) is 68.9 cm³/mol. The van der Waals surface area contributed by atoms with Crippen LogP contribution in [0.5, 0.6) is 0 Å². The minimum atomic E-state index is 0.618. The molecule has 0 amide bonds. The molecule has 2 fully saturated rings. The molecule has 2 aliphatic rings. The van der Waals surface area contributed by atoms with Gasteiger partial charge in [-0.2, -0.15) is 0 Å². The van der Waals surface area contributed by atoms with Gasteiger partial charge in [-0.15, -0.1) is 0 Å². The van der Waals surface area contributed by atoms with Crippen molar-refractivity contribution in [3.05, 3.63) is 10.4 Å². The van der Waals surface area contributed by atoms with Gasteiger partial charge in [0.15, 0.2) is 0 Å². The summed E-state index contributed by atoms with van der Waals surface area (Å²) in [6, 6.07) is 0. The zero-order chi connectivity index (χ0) is 11.9. The fraction of sp³-hybridized carbons (Fsp3) is 1.00. The second-order valence-electron chi connectivity index (χ2n) is 5.25. The van der Waals surface area contributed by atoms with E-state index in [9.17, 15) is 0 Å². The third-order valence-corrected chi connectivity index (χ3v) is 4.00. The lowest BCUT2D eigenvalue weighted by molar-refractivity contribution is 0.157. The smallest absolute Gasteiger partial charge is 0.0385 e. The van der Waals surface area contributed by atoms with E-state index in [2.05, 4.69) is 19.8 Å². The van der Waals surface area contributed by atoms with Crippen LogP contribution in [0.4, 0.5) is 0 Å². The van der Waals surface area contributed by atoms with Gasteiger partial charge in [-0.1, -0.05) is 5.11 Å². The van der Waals surface area contributed by atoms with E-state index >= 15 is 0 Å². The molecule has 2 rings (SSSR count). The van der Waals surface area contributed by atoms with Crippen molar-refractivity contribution in [2.24, 2.45) is 11.0 Å². The van der Waals surface area contributed by atoms with Gasteiger partial charge in [0.25, 0.3) is 0 Å². The number of piperidine rings is 1. The van der Waals surface area contributed by atoms with Gasteiger partial charge in [-0.3, -0.25) is 0 Å². The highest BCUT2D eigenvalue weighted by molar-refractivity contribution is 4.77. The summed E-state index contributed by atoms with van der Waals surface area (Å²) in [7, 11) is 0. The molecule has 96 valence electrons. The lowest BCUT2D eigenvalue weighted by Crippen LogP contribution is -2.39. The summed E-state index contributed by atoms with van der Waals surface area (Å²) in [5.41, 5.74) is 8.23. The number of rotatable bonds is 5. The van der Waals surface area contributed by atoms with Crippen molar-refractivity contribution in [2.75, 3.05) is 45.8 Å². The molecule has 5 heteroatoms. The first kappa shape index (κ1) is 12.7. The molecular weight excluding hydrogens is 214 g/mol. The molecule has 0 N–H and O–H groups in total. The van der Waals surface area contributed by atoms with Crippen LogP contribution in [0.15, 0.2) is 5.11 Å². The standard InChI is InChI=1S/C12H23N5/c13-15-14-5-10-16-8-3-12(4-9-16)11-17-6-1-2-7-17/h12H,1-11H2. The number of likely N-dealkylation sites (tertiary alicyclic amines) is 2. The molecule has 0 aromatic rings. The first-order valence-corrected chi connectivity index (χ1v) is 6.84. The summed E-state index contributed by atoms with van der Waals surface area (Å²) < 4.78 is 0. The van der Waals surface area contributed by atoms with E-state index in [-0.39, 0.29) is 0 Å². The largest absolute Gasteiger partial charge is 0.303 e. The van der Waals surface area contributed by atoms with Gasteiger partial charge in [0, 0.05) is 24.5 Å². The Morgan fingerprint density at radius 1 is 1.06 bits per heavy atom. The van der Waals surface area contributed by atoms with Crippen LogP contribution in [0.2, 0.25) is 0 Å². The van der Waals surface area contributed by atoms with E-state index in [1.807, 2.05) is 0 Å². The Hall–Kier alpha value is -0.770. The maximum absolute atomic E-state index is 8.23. The molecule has 0 radical (unpaired) electrons. The van der Waals surface area contributed by atoms with Crippen LogP contribution in [-0.2, 0) is 0 Å². The van der Waals surface area contributed by atoms with Gasteiger partial charge in [0.1, 0.15) is 0 Å². The van der Waals surface area contributed by atoms with Gasteiger partial charge in [0.05, 0.1) is 0 Å². The van der Waals surface area contributed by atoms with Crippen LogP contribution >= 0.6 is 0 Å². The van der Waals surface area contributed by atoms with E-state index in [1.165, 1.54) is 58.4 Å². The van der Waals surface area contributed by atoms with Gasteiger partial charge in [0.2, 0.25) is 0 Å². The number of azide groups is 1. The van der Waals surface area contributed by atoms with Crippen molar-refractivity contribution < 1.29 is 0 Å². The molecule has 0 aromatic carbocycles. The quantitative estimate of drug-likeness (QED) is 0.418. The molecule has 2 aliphatic heterocycles. The van der Waals surface area contributed by atoms with Crippen LogP contribution in [0.1, 0.15) is 25.7 Å². The van der Waals surface area contributed by atoms with Crippen LogP contribution < -0.4 is 0 Å². The topological polar surface area (TPSA) is 55.2 Å². The zero-order valence-corrected chi connectivity index (χ0v) is 10.6. The number of hydrogen-bond donors (Lipinski definition) is 0. The molecule has 2 heterocycles. The molecule has 17 heavy (non-hydrogen) atoms. The molecule has 0 aromatic heterocycles. The molecule has 0 atom stereocenters. The van der Waals surface area contributed by atoms with Gasteiger partial charge in [-0.25, -0.2) is 0 Å². The highest BCUT2D eigenvalue weighted by Crippen LogP contribution is 2.20. The van der Waals surface area contributed by atoms with Crippen molar-refractivity contribution in [1.29, 1.82) is 0 Å². The minimum Gasteiger partial charge on any atom is -0.303 e. The third-order valence-electron chi connectivity index (χ3n) is 4.00. The number of hydrogen-bond acceptors (Lipinski definition) is 3. The molecule has 0 spiro atoms. The molecule has 0 saturated carbocycles. The molecular formula is C12H23N5. The minimum absolute atomic E-state index is 0.618. The number of nitrogens with zero attached hydrogens (tertiary/aromatic N) is 5. The molecule has 0 unspecified atom stereocenters. The Bertz CT molecular complexity index is 260. The van der Waals surface area contributed by atoms with E-state index in [0.717, 1.165) is 12.5 Å². The Morgan fingerprint density at radius 3 is 2.41 bits per heavy atom. The summed E-state index contributed by atoms with van der Waals surface area (Å²) >= 11 is 0. The summed E-state index contributed by atoms with van der Waals surface area (Å²) in [5.74, 6) is 0.892. The molecule has 0 bridgehead atoms. The molecule has 0 aliphatic carbocycles. The van der Waals surface area contributed by atoms with Crippen molar-refractivity contribution in [3.63, 3.8) is 0 Å². The van der Waals surface area contributed by atoms with Crippen molar-refractivity contribution in [3.8, 4) is 0 Å². The first-order valence-electron chi connectivity index (χ1n) is 6.84. The second kappa shape index (κ2) is 6.84. The average molecular weight is 237 g/mol. The van der Waals surface area contributed by atoms with Gasteiger partial charge in [-0.05, 0) is 63.3 Å². The van der Waals surface area contributed by atoms with Crippen LogP contribution in [0.3, 0.4) is 0 Å². The van der Waals surface area contributed by atoms with Crippen molar-refractivity contribution in [1.82, 2.24) is 9.80 Å². The maximum Gasteiger partial charge on any atom is 0.0385 e. The Balaban J connectivity index is 1.61. The van der Waals surface area contributed by atoms with E-state index < -0.39 is 0 Å². The van der Waals surface area contributed by atoms with Gasteiger partial charge < -0.3 is 9.80 Å². The fourth-order valence-corrected chi connectivity index (χ4v) is 2.95. The van der Waals surface area contributed by atoms with Crippen molar-refractivity contribution in [2.45, 2.75) is 25.7 Å². The normalized spacial score (nSPS) is 23.8. The maximum atomic E-state index is 8.23. The predicted octanol–water partition coefficient (Wildman–Crippen LogP) is 2.10. The van der Waals surface area contributed by atoms with Crippen molar-refractivity contribution >= 4 is 0 Å². The SMILES string of the molecule is [N-]=[N+]=NCCN1CCC(CN2CCCC2)CC1. The van der Waals surface area contributed by atoms with E-state index in [1.54, 1.807) is 0 Å². The Kier molecular flexibility index (Phi) is 5.10. The molecule has 2 saturated heterocycles. The Morgan fingerprint density at radius 2 is 1.76 bits per heavy atom. The van der Waals surface area contributed by atoms with E-state index in [0.29, 0.717) is 6.54 Å². The lowest BCUT2D eigenvalue weighted by atomic mass is 9.96. The summed E-state index contributed by atoms with van der Waals surface area (Å²) in [6.07, 6.45) is 5.41. The summed E-state index contributed by atoms with van der Waals surface area (Å²) in [6.45, 7) is 7.85. The molecule has 5 nitrogen and oxygen atoms in total. The van der Waals surface area contributed by atoms with Gasteiger partial charge >= 0.3 is 0 Å². The Labute approximate surface area is 103 Å². The summed E-state index contributed by atoms with van der Waals surface area (Å²) in [4.78, 5) is 7.85. The van der Waals surface area contributed by atoms with E-state index in [4.69, 9.17) is 5.53 Å². The summed E-state index contributed by atoms with van der Waals surface area (Å²) in [5, 5.41) is 3.60. The third kappa shape index (κ3) is 4.19. The average Bonchev–Trinajstić information content (AvgIpc) is 2.85. The lowest BCUT2D eigenvalue weighted by Gasteiger charge is -2.33. The first-order chi connectivity index (χ1) is 8.38. The van der Waals surface area contributed by atoms with Crippen LogP contribution in [0, 0.1) is 5.92 Å².